The van der Waals surface area contributed by atoms with Crippen LogP contribution in [0.4, 0.5) is 4.79 Å². The Morgan fingerprint density at radius 3 is 2.22 bits per heavy atom. The first-order valence-corrected chi connectivity index (χ1v) is 20.8. The van der Waals surface area contributed by atoms with Gasteiger partial charge in [-0.3, -0.25) is 4.18 Å². The molecule has 0 spiro atoms. The number of piperidine rings is 1. The van der Waals surface area contributed by atoms with Crippen molar-refractivity contribution in [1.82, 2.24) is 4.90 Å². The highest BCUT2D eigenvalue weighted by Crippen LogP contribution is 2.36. The van der Waals surface area contributed by atoms with Gasteiger partial charge in [0.25, 0.3) is 10.1 Å². The molecule has 1 fully saturated rings. The summed E-state index contributed by atoms with van der Waals surface area (Å²) in [6.07, 6.45) is -3.28. The number of carboxylic acid groups (broad SMARTS) is 1. The SMILES string of the molecule is COc1ccccc1COCCCOc1ccc([C@@H]2[C@@H](OCc3cc(OC)c4ccccc4c3)CN(C(=O)O)C[C@H]2OC[C@@H](CO)OS(=O)(=O)c2ccc(C)cc2)cc1. The molecule has 59 heavy (non-hydrogen) atoms. The molecule has 314 valence electrons. The predicted octanol–water partition coefficient (Wildman–Crippen LogP) is 6.97. The molecule has 0 unspecified atom stereocenters. The molecule has 0 aliphatic carbocycles. The van der Waals surface area contributed by atoms with E-state index in [9.17, 15) is 23.4 Å². The number of aliphatic hydroxyl groups is 1. The van der Waals surface area contributed by atoms with E-state index in [1.54, 1.807) is 26.4 Å². The molecule has 4 atom stereocenters. The van der Waals surface area contributed by atoms with Crippen molar-refractivity contribution in [3.63, 3.8) is 0 Å². The van der Waals surface area contributed by atoms with Gasteiger partial charge in [-0.05, 0) is 65.9 Å². The highest BCUT2D eigenvalue weighted by atomic mass is 32.2. The van der Waals surface area contributed by atoms with E-state index in [-0.39, 0.29) is 31.2 Å². The Kier molecular flexibility index (Phi) is 15.2. The van der Waals surface area contributed by atoms with Crippen LogP contribution in [0.1, 0.15) is 34.6 Å². The topological polar surface area (TPSA) is 160 Å². The molecule has 14 heteroatoms. The number of methoxy groups -OCH3 is 2. The van der Waals surface area contributed by atoms with Crippen molar-refractivity contribution < 1.29 is 56.0 Å². The summed E-state index contributed by atoms with van der Waals surface area (Å²) in [6.45, 7) is 2.31. The number of para-hydroxylation sites is 1. The lowest BCUT2D eigenvalue weighted by atomic mass is 9.84. The number of benzene rings is 5. The number of ether oxygens (including phenoxy) is 6. The van der Waals surface area contributed by atoms with E-state index < -0.39 is 47.0 Å². The number of amides is 1. The van der Waals surface area contributed by atoms with Gasteiger partial charge >= 0.3 is 6.09 Å². The number of hydrogen-bond donors (Lipinski definition) is 2. The quantitative estimate of drug-likeness (QED) is 0.0614. The molecule has 1 aliphatic heterocycles. The molecule has 1 heterocycles. The Morgan fingerprint density at radius 2 is 1.51 bits per heavy atom. The number of nitrogens with zero attached hydrogens (tertiary/aromatic N) is 1. The van der Waals surface area contributed by atoms with Crippen LogP contribution in [0.15, 0.2) is 114 Å². The van der Waals surface area contributed by atoms with Gasteiger partial charge in [0.2, 0.25) is 0 Å². The Hall–Kier alpha value is -5.22. The molecular formula is C45H51NO12S. The summed E-state index contributed by atoms with van der Waals surface area (Å²) in [4.78, 5) is 13.7. The molecular weight excluding hydrogens is 779 g/mol. The van der Waals surface area contributed by atoms with E-state index >= 15 is 0 Å². The highest BCUT2D eigenvalue weighted by Gasteiger charge is 2.41. The van der Waals surface area contributed by atoms with Gasteiger partial charge in [0.15, 0.2) is 0 Å². The standard InChI is InChI=1S/C45H51NO12S/c1-31-13-19-38(20-14-31)59(50,51)58-37(27-47)30-57-43-26-46(45(48)49)25-42(56-28-32-23-34-9-4-6-11-39(34)41(24-32)53-3)44(43)33-15-17-36(18-16-33)55-22-8-21-54-29-35-10-5-7-12-40(35)52-2/h4-7,9-20,23-24,37,42-44,47H,8,21-22,25-30H2,1-3H3,(H,48,49)/t37-,42+,43-,44-/m1/s1. The number of rotatable bonds is 20. The summed E-state index contributed by atoms with van der Waals surface area (Å²) in [5.41, 5.74) is 3.46. The molecule has 0 bridgehead atoms. The number of fused-ring (bicyclic) bond motifs is 1. The first-order chi connectivity index (χ1) is 28.6. The molecule has 5 aromatic rings. The van der Waals surface area contributed by atoms with E-state index in [0.717, 1.165) is 38.8 Å². The lowest BCUT2D eigenvalue weighted by Crippen LogP contribution is -2.54. The van der Waals surface area contributed by atoms with Crippen molar-refractivity contribution in [2.45, 2.75) is 55.7 Å². The van der Waals surface area contributed by atoms with Gasteiger partial charge in [-0.15, -0.1) is 0 Å². The Labute approximate surface area is 345 Å². The molecule has 13 nitrogen and oxygen atoms in total. The third-order valence-corrected chi connectivity index (χ3v) is 11.5. The van der Waals surface area contributed by atoms with E-state index in [1.807, 2.05) is 91.9 Å². The van der Waals surface area contributed by atoms with Crippen LogP contribution in [-0.2, 0) is 41.7 Å². The zero-order valence-electron chi connectivity index (χ0n) is 33.4. The molecule has 1 saturated heterocycles. The zero-order chi connectivity index (χ0) is 41.8. The van der Waals surface area contributed by atoms with Gasteiger partial charge in [0.05, 0.1) is 84.1 Å². The van der Waals surface area contributed by atoms with Crippen LogP contribution in [0, 0.1) is 6.92 Å². The Balaban J connectivity index is 1.18. The molecule has 0 aromatic heterocycles. The minimum atomic E-state index is -4.24. The number of aryl methyl sites for hydroxylation is 1. The Morgan fingerprint density at radius 1 is 0.814 bits per heavy atom. The average molecular weight is 830 g/mol. The van der Waals surface area contributed by atoms with Gasteiger partial charge in [0.1, 0.15) is 23.4 Å². The number of aliphatic hydroxyl groups excluding tert-OH is 1. The maximum Gasteiger partial charge on any atom is 0.407 e. The fraction of sp³-hybridized carbons (Fsp3) is 0.356. The largest absolute Gasteiger partial charge is 0.496 e. The molecule has 2 N–H and O–H groups in total. The third kappa shape index (κ3) is 11.5. The summed E-state index contributed by atoms with van der Waals surface area (Å²) in [6, 6.07) is 33.1. The van der Waals surface area contributed by atoms with Gasteiger partial charge in [-0.2, -0.15) is 8.42 Å². The van der Waals surface area contributed by atoms with Gasteiger partial charge in [0, 0.05) is 23.3 Å². The number of hydrogen-bond acceptors (Lipinski definition) is 11. The van der Waals surface area contributed by atoms with Crippen LogP contribution in [0.2, 0.25) is 0 Å². The Bertz CT molecular complexity index is 2230. The minimum absolute atomic E-state index is 0.0411. The predicted molar refractivity (Wildman–Crippen MR) is 221 cm³/mol. The average Bonchev–Trinajstić information content (AvgIpc) is 3.25. The first kappa shape index (κ1) is 43.4. The van der Waals surface area contributed by atoms with Gasteiger partial charge < -0.3 is 43.5 Å². The van der Waals surface area contributed by atoms with Crippen LogP contribution in [-0.4, -0.2) is 102 Å². The van der Waals surface area contributed by atoms with Crippen molar-refractivity contribution in [2.75, 3.05) is 53.7 Å². The van der Waals surface area contributed by atoms with Crippen molar-refractivity contribution in [3.8, 4) is 17.2 Å². The minimum Gasteiger partial charge on any atom is -0.496 e. The molecule has 1 amide bonds. The summed E-state index contributed by atoms with van der Waals surface area (Å²) >= 11 is 0. The fourth-order valence-electron chi connectivity index (χ4n) is 7.09. The fourth-order valence-corrected chi connectivity index (χ4v) is 8.14. The van der Waals surface area contributed by atoms with Crippen LogP contribution in [0.3, 0.4) is 0 Å². The summed E-state index contributed by atoms with van der Waals surface area (Å²) in [7, 11) is -1.00. The molecule has 1 aliphatic rings. The smallest absolute Gasteiger partial charge is 0.407 e. The maximum atomic E-state index is 13.1. The van der Waals surface area contributed by atoms with E-state index in [0.29, 0.717) is 37.7 Å². The maximum absolute atomic E-state index is 13.1. The van der Waals surface area contributed by atoms with Crippen molar-refractivity contribution in [1.29, 1.82) is 0 Å². The van der Waals surface area contributed by atoms with Gasteiger partial charge in [-0.25, -0.2) is 4.79 Å². The molecule has 0 saturated carbocycles. The van der Waals surface area contributed by atoms with Crippen molar-refractivity contribution in [2.24, 2.45) is 0 Å². The normalized spacial score (nSPS) is 17.4. The van der Waals surface area contributed by atoms with Crippen LogP contribution < -0.4 is 14.2 Å². The van der Waals surface area contributed by atoms with E-state index in [1.165, 1.54) is 17.0 Å². The number of carbonyl (C=O) groups is 1. The van der Waals surface area contributed by atoms with Crippen LogP contribution in [0.5, 0.6) is 17.2 Å². The molecule has 5 aromatic carbocycles. The second kappa shape index (κ2) is 20.7. The summed E-state index contributed by atoms with van der Waals surface area (Å²) in [5.74, 6) is 1.58. The molecule has 0 radical (unpaired) electrons. The lowest BCUT2D eigenvalue weighted by Gasteiger charge is -2.43. The summed E-state index contributed by atoms with van der Waals surface area (Å²) < 4.78 is 67.5. The van der Waals surface area contributed by atoms with E-state index in [4.69, 9.17) is 32.6 Å². The third-order valence-electron chi connectivity index (χ3n) is 10.1. The summed E-state index contributed by atoms with van der Waals surface area (Å²) in [5, 5.41) is 22.3. The lowest BCUT2D eigenvalue weighted by molar-refractivity contribution is -0.103. The van der Waals surface area contributed by atoms with Crippen LogP contribution >= 0.6 is 0 Å². The zero-order valence-corrected chi connectivity index (χ0v) is 34.2. The number of likely N-dealkylation sites (tertiary alicyclic amines) is 1. The van der Waals surface area contributed by atoms with Gasteiger partial charge in [-0.1, -0.05) is 72.3 Å². The van der Waals surface area contributed by atoms with Crippen molar-refractivity contribution >= 4 is 27.0 Å². The first-order valence-electron chi connectivity index (χ1n) is 19.4. The monoisotopic (exact) mass is 829 g/mol. The van der Waals surface area contributed by atoms with Crippen molar-refractivity contribution in [3.05, 3.63) is 131 Å². The molecule has 6 rings (SSSR count). The van der Waals surface area contributed by atoms with E-state index in [2.05, 4.69) is 0 Å². The van der Waals surface area contributed by atoms with Crippen LogP contribution in [0.25, 0.3) is 10.8 Å². The highest BCUT2D eigenvalue weighted by molar-refractivity contribution is 7.86. The second-order valence-electron chi connectivity index (χ2n) is 14.3. The second-order valence-corrected chi connectivity index (χ2v) is 15.8.